The molecule has 2 aromatic rings. The van der Waals surface area contributed by atoms with Gasteiger partial charge in [-0.1, -0.05) is 50.0 Å². The van der Waals surface area contributed by atoms with E-state index in [4.69, 9.17) is 0 Å². The number of aromatic carboxylic acids is 1. The molecular weight excluding hydrogens is 402 g/mol. The lowest BCUT2D eigenvalue weighted by Crippen LogP contribution is -2.53. The predicted molar refractivity (Wildman–Crippen MR) is 125 cm³/mol. The molecule has 3 aliphatic rings. The van der Waals surface area contributed by atoms with Crippen LogP contribution in [-0.4, -0.2) is 43.7 Å². The Hall–Kier alpha value is -2.47. The number of benzene rings is 1. The molecule has 2 saturated heterocycles. The van der Waals surface area contributed by atoms with Gasteiger partial charge >= 0.3 is 5.97 Å². The molecule has 0 saturated carbocycles. The molecule has 170 valence electrons. The Kier molecular flexibility index (Phi) is 6.13. The van der Waals surface area contributed by atoms with E-state index in [1.165, 1.54) is 44.9 Å². The van der Waals surface area contributed by atoms with Crippen molar-refractivity contribution in [3.8, 4) is 0 Å². The summed E-state index contributed by atoms with van der Waals surface area (Å²) in [4.78, 5) is 32.0. The van der Waals surface area contributed by atoms with Crippen LogP contribution in [0.5, 0.6) is 0 Å². The number of hydrogen-bond donors (Lipinski definition) is 1. The van der Waals surface area contributed by atoms with Gasteiger partial charge in [-0.3, -0.25) is 9.69 Å². The van der Waals surface area contributed by atoms with Crippen molar-refractivity contribution in [2.75, 3.05) is 0 Å². The highest BCUT2D eigenvalue weighted by Crippen LogP contribution is 2.41. The smallest absolute Gasteiger partial charge is 0.360 e. The van der Waals surface area contributed by atoms with Gasteiger partial charge in [0.2, 0.25) is 5.69 Å². The molecule has 2 aliphatic heterocycles. The summed E-state index contributed by atoms with van der Waals surface area (Å²) in [6, 6.07) is 8.83. The number of carbonyl (C=O) groups is 1. The van der Waals surface area contributed by atoms with Crippen LogP contribution in [0, 0.1) is 0 Å². The molecule has 3 heterocycles. The van der Waals surface area contributed by atoms with Crippen LogP contribution >= 0.6 is 0 Å². The molecule has 6 nitrogen and oxygen atoms in total. The van der Waals surface area contributed by atoms with Gasteiger partial charge in [-0.15, -0.1) is 0 Å². The Morgan fingerprint density at radius 1 is 0.938 bits per heavy atom. The first-order valence-electron chi connectivity index (χ1n) is 12.3. The summed E-state index contributed by atoms with van der Waals surface area (Å²) in [7, 11) is 0. The fourth-order valence-corrected chi connectivity index (χ4v) is 6.36. The molecule has 5 rings (SSSR count). The van der Waals surface area contributed by atoms with Crippen molar-refractivity contribution < 1.29 is 9.90 Å². The number of aromatic nitrogens is 2. The largest absolute Gasteiger partial charge is 0.476 e. The zero-order valence-electron chi connectivity index (χ0n) is 18.7. The first-order chi connectivity index (χ1) is 15.6. The van der Waals surface area contributed by atoms with Crippen molar-refractivity contribution in [3.05, 3.63) is 52.5 Å². The van der Waals surface area contributed by atoms with Gasteiger partial charge in [-0.25, -0.2) is 9.78 Å². The zero-order valence-corrected chi connectivity index (χ0v) is 18.7. The number of nitrogens with zero attached hydrogens (tertiary/aromatic N) is 3. The minimum absolute atomic E-state index is 0.00962. The SMILES string of the molecule is O=C(O)c1nc2ccccc2n(C2C[C@H]3CCCC[C@@H](C2)N3C2C=CCCCCC2)c1=O. The monoisotopic (exact) mass is 435 g/mol. The first kappa shape index (κ1) is 21.4. The molecule has 0 radical (unpaired) electrons. The summed E-state index contributed by atoms with van der Waals surface area (Å²) in [5.41, 5.74) is 0.510. The Bertz CT molecular complexity index is 1060. The van der Waals surface area contributed by atoms with Gasteiger partial charge in [0, 0.05) is 24.2 Å². The zero-order chi connectivity index (χ0) is 22.1. The maximum atomic E-state index is 13.3. The number of rotatable bonds is 3. The van der Waals surface area contributed by atoms with Crippen molar-refractivity contribution in [2.24, 2.45) is 0 Å². The molecule has 0 amide bonds. The highest BCUT2D eigenvalue weighted by molar-refractivity contribution is 5.88. The van der Waals surface area contributed by atoms with Gasteiger partial charge in [-0.05, 0) is 57.1 Å². The average molecular weight is 436 g/mol. The van der Waals surface area contributed by atoms with E-state index in [0.29, 0.717) is 23.6 Å². The van der Waals surface area contributed by atoms with Crippen LogP contribution in [0.4, 0.5) is 0 Å². The number of piperidine rings is 1. The third-order valence-electron chi connectivity index (χ3n) is 7.73. The minimum Gasteiger partial charge on any atom is -0.476 e. The van der Waals surface area contributed by atoms with Crippen LogP contribution < -0.4 is 5.56 Å². The maximum Gasteiger partial charge on any atom is 0.360 e. The molecule has 32 heavy (non-hydrogen) atoms. The number of carboxylic acids is 1. The van der Waals surface area contributed by atoms with Crippen molar-refractivity contribution in [2.45, 2.75) is 94.8 Å². The van der Waals surface area contributed by atoms with Crippen LogP contribution in [0.15, 0.2) is 41.2 Å². The molecule has 2 fully saturated rings. The van der Waals surface area contributed by atoms with Crippen LogP contribution in [0.2, 0.25) is 0 Å². The Labute approximate surface area is 189 Å². The van der Waals surface area contributed by atoms with Crippen LogP contribution in [-0.2, 0) is 0 Å². The van der Waals surface area contributed by atoms with Gasteiger partial charge in [0.05, 0.1) is 11.0 Å². The van der Waals surface area contributed by atoms with Gasteiger partial charge in [-0.2, -0.15) is 0 Å². The van der Waals surface area contributed by atoms with E-state index in [0.717, 1.165) is 31.2 Å². The third-order valence-corrected chi connectivity index (χ3v) is 7.73. The highest BCUT2D eigenvalue weighted by Gasteiger charge is 2.41. The van der Waals surface area contributed by atoms with Crippen molar-refractivity contribution in [3.63, 3.8) is 0 Å². The van der Waals surface area contributed by atoms with E-state index < -0.39 is 11.5 Å². The minimum atomic E-state index is -1.25. The highest BCUT2D eigenvalue weighted by atomic mass is 16.4. The normalized spacial score (nSPS) is 29.2. The molecule has 1 aromatic carbocycles. The number of carboxylic acid groups (broad SMARTS) is 1. The van der Waals surface area contributed by atoms with Gasteiger partial charge in [0.1, 0.15) is 0 Å². The summed E-state index contributed by atoms with van der Waals surface area (Å²) in [6.07, 6.45) is 17.7. The number of para-hydroxylation sites is 2. The van der Waals surface area contributed by atoms with Gasteiger partial charge in [0.15, 0.2) is 0 Å². The second kappa shape index (κ2) is 9.18. The van der Waals surface area contributed by atoms with Crippen LogP contribution in [0.3, 0.4) is 0 Å². The summed E-state index contributed by atoms with van der Waals surface area (Å²) in [5.74, 6) is -1.25. The Morgan fingerprint density at radius 2 is 1.66 bits per heavy atom. The molecule has 2 unspecified atom stereocenters. The molecule has 0 spiro atoms. The van der Waals surface area contributed by atoms with Crippen LogP contribution in [0.25, 0.3) is 11.0 Å². The van der Waals surface area contributed by atoms with E-state index in [-0.39, 0.29) is 11.7 Å². The lowest BCUT2D eigenvalue weighted by molar-refractivity contribution is 0.0304. The molecule has 2 bridgehead atoms. The van der Waals surface area contributed by atoms with Crippen molar-refractivity contribution in [1.29, 1.82) is 0 Å². The first-order valence-corrected chi connectivity index (χ1v) is 12.3. The molecule has 1 aliphatic carbocycles. The maximum absolute atomic E-state index is 13.3. The standard InChI is InChI=1S/C26H33N3O3/c30-25-24(26(31)32)27-22-14-8-9-15-23(22)29(25)21-16-19-12-6-7-13-20(17-21)28(19)18-10-4-2-1-3-5-11-18/h4,8-10,14-15,18-21H,1-3,5-7,11-13,16-17H2,(H,31,32)/t18?,19-,20+,21?. The summed E-state index contributed by atoms with van der Waals surface area (Å²) in [6.45, 7) is 0. The second-order valence-electron chi connectivity index (χ2n) is 9.73. The fourth-order valence-electron chi connectivity index (χ4n) is 6.36. The lowest BCUT2D eigenvalue weighted by Gasteiger charge is -2.48. The molecule has 1 aromatic heterocycles. The fraction of sp³-hybridized carbons (Fsp3) is 0.577. The van der Waals surface area contributed by atoms with Gasteiger partial charge < -0.3 is 9.67 Å². The van der Waals surface area contributed by atoms with Crippen LogP contribution in [0.1, 0.15) is 87.2 Å². The average Bonchev–Trinajstić information content (AvgIpc) is 2.88. The van der Waals surface area contributed by atoms with E-state index in [1.54, 1.807) is 10.6 Å². The van der Waals surface area contributed by atoms with Gasteiger partial charge in [0.25, 0.3) is 5.56 Å². The molecule has 4 atom stereocenters. The molecule has 6 heteroatoms. The van der Waals surface area contributed by atoms with E-state index in [9.17, 15) is 14.7 Å². The predicted octanol–water partition coefficient (Wildman–Crippen LogP) is 4.93. The molecular formula is C26H33N3O3. The Balaban J connectivity index is 1.54. The summed E-state index contributed by atoms with van der Waals surface area (Å²) >= 11 is 0. The number of allylic oxidation sites excluding steroid dienone is 1. The van der Waals surface area contributed by atoms with E-state index >= 15 is 0 Å². The summed E-state index contributed by atoms with van der Waals surface area (Å²) < 4.78 is 1.77. The van der Waals surface area contributed by atoms with Crippen molar-refractivity contribution >= 4 is 17.0 Å². The lowest BCUT2D eigenvalue weighted by atomic mass is 9.86. The Morgan fingerprint density at radius 3 is 2.41 bits per heavy atom. The topological polar surface area (TPSA) is 75.4 Å². The molecule has 1 N–H and O–H groups in total. The van der Waals surface area contributed by atoms with Crippen molar-refractivity contribution in [1.82, 2.24) is 14.5 Å². The third kappa shape index (κ3) is 4.01. The van der Waals surface area contributed by atoms with E-state index in [1.807, 2.05) is 18.2 Å². The summed E-state index contributed by atoms with van der Waals surface area (Å²) in [5, 5.41) is 9.62. The second-order valence-corrected chi connectivity index (χ2v) is 9.73. The quantitative estimate of drug-likeness (QED) is 0.692. The number of hydrogen-bond acceptors (Lipinski definition) is 4. The van der Waals surface area contributed by atoms with E-state index in [2.05, 4.69) is 22.0 Å². The number of fused-ring (bicyclic) bond motifs is 3.